The van der Waals surface area contributed by atoms with Crippen LogP contribution < -0.4 is 0 Å². The smallest absolute Gasteiger partial charge is 0.309 e. The maximum absolute atomic E-state index is 14.4. The first-order valence-electron chi connectivity index (χ1n) is 14.2. The van der Waals surface area contributed by atoms with E-state index < -0.39 is 10.0 Å². The van der Waals surface area contributed by atoms with Gasteiger partial charge in [-0.3, -0.25) is 9.69 Å². The molecule has 0 fully saturated rings. The van der Waals surface area contributed by atoms with E-state index in [4.69, 9.17) is 4.74 Å². The van der Waals surface area contributed by atoms with Crippen molar-refractivity contribution in [3.05, 3.63) is 108 Å². The van der Waals surface area contributed by atoms with Crippen LogP contribution in [0.3, 0.4) is 0 Å². The molecule has 3 heterocycles. The van der Waals surface area contributed by atoms with Gasteiger partial charge in [0.05, 0.1) is 35.2 Å². The van der Waals surface area contributed by atoms with Crippen LogP contribution in [-0.4, -0.2) is 43.0 Å². The number of para-hydroxylation sites is 1. The second-order valence-electron chi connectivity index (χ2n) is 10.5. The van der Waals surface area contributed by atoms with E-state index in [2.05, 4.69) is 30.0 Å². The predicted molar refractivity (Wildman–Crippen MR) is 163 cm³/mol. The summed E-state index contributed by atoms with van der Waals surface area (Å²) in [7, 11) is -3.92. The number of hydrogen-bond donors (Lipinski definition) is 0. The van der Waals surface area contributed by atoms with Crippen molar-refractivity contribution in [2.24, 2.45) is 5.92 Å². The minimum atomic E-state index is -3.92. The maximum Gasteiger partial charge on any atom is 0.309 e. The van der Waals surface area contributed by atoms with E-state index in [0.717, 1.165) is 46.6 Å². The van der Waals surface area contributed by atoms with Crippen molar-refractivity contribution in [3.63, 3.8) is 0 Å². The van der Waals surface area contributed by atoms with Gasteiger partial charge in [0.15, 0.2) is 0 Å². The molecule has 3 aromatic carbocycles. The van der Waals surface area contributed by atoms with E-state index in [9.17, 15) is 13.2 Å². The number of nitrogens with zero attached hydrogens (tertiary/aromatic N) is 2. The van der Waals surface area contributed by atoms with Crippen molar-refractivity contribution >= 4 is 38.7 Å². The van der Waals surface area contributed by atoms with E-state index >= 15 is 0 Å². The van der Waals surface area contributed by atoms with Crippen LogP contribution in [-0.2, 0) is 19.6 Å². The molecule has 6 rings (SSSR count). The van der Waals surface area contributed by atoms with Gasteiger partial charge in [-0.2, -0.15) is 0 Å². The Hall–Kier alpha value is -3.33. The minimum Gasteiger partial charge on any atom is -0.466 e. The largest absolute Gasteiger partial charge is 0.466 e. The Morgan fingerprint density at radius 2 is 1.61 bits per heavy atom. The summed E-state index contributed by atoms with van der Waals surface area (Å²) in [5.74, 6) is -0.0419. The number of aromatic nitrogens is 1. The Labute approximate surface area is 246 Å². The van der Waals surface area contributed by atoms with E-state index in [1.54, 1.807) is 40.0 Å². The Morgan fingerprint density at radius 3 is 2.32 bits per heavy atom. The van der Waals surface area contributed by atoms with Gasteiger partial charge >= 0.3 is 5.97 Å². The molecule has 8 heteroatoms. The first kappa shape index (κ1) is 27.8. The summed E-state index contributed by atoms with van der Waals surface area (Å²) >= 11 is 1.78. The van der Waals surface area contributed by atoms with Gasteiger partial charge in [-0.1, -0.05) is 73.2 Å². The molecule has 2 aliphatic heterocycles. The van der Waals surface area contributed by atoms with Crippen molar-refractivity contribution in [3.8, 4) is 0 Å². The van der Waals surface area contributed by atoms with Crippen LogP contribution in [0, 0.1) is 5.92 Å². The molecule has 212 valence electrons. The summed E-state index contributed by atoms with van der Waals surface area (Å²) in [6.45, 7) is 5.83. The second-order valence-corrected chi connectivity index (χ2v) is 13.6. The number of hydrogen-bond acceptors (Lipinski definition) is 6. The molecule has 1 aromatic heterocycles. The van der Waals surface area contributed by atoms with Crippen LogP contribution in [0.1, 0.15) is 49.2 Å². The van der Waals surface area contributed by atoms with Gasteiger partial charge in [0.1, 0.15) is 0 Å². The number of carbonyl (C=O) groups excluding carboxylic acids is 1. The van der Waals surface area contributed by atoms with Crippen LogP contribution in [0.2, 0.25) is 0 Å². The number of carbonyl (C=O) groups is 1. The lowest BCUT2D eigenvalue weighted by Crippen LogP contribution is -2.44. The summed E-state index contributed by atoms with van der Waals surface area (Å²) in [6.07, 6.45) is 3.26. The third-order valence-corrected chi connectivity index (χ3v) is 11.1. The molecule has 1 unspecified atom stereocenters. The van der Waals surface area contributed by atoms with Crippen molar-refractivity contribution < 1.29 is 17.9 Å². The molecule has 41 heavy (non-hydrogen) atoms. The van der Waals surface area contributed by atoms with Crippen LogP contribution >= 0.6 is 11.8 Å². The highest BCUT2D eigenvalue weighted by molar-refractivity contribution is 7.99. The number of benzene rings is 3. The first-order chi connectivity index (χ1) is 19.9. The van der Waals surface area contributed by atoms with Crippen molar-refractivity contribution in [1.82, 2.24) is 8.87 Å². The SMILES string of the molecule is CCOC(=O)CC1=C[C@H]2c3c(c4ccccc4n3S(=O)(=O)c3ccccc3)C(Sc3ccccc3)CN2C[C@H]1CC. The molecular formula is C33H34N2O4S2. The zero-order valence-corrected chi connectivity index (χ0v) is 24.9. The van der Waals surface area contributed by atoms with Crippen LogP contribution in [0.5, 0.6) is 0 Å². The molecule has 0 saturated carbocycles. The van der Waals surface area contributed by atoms with E-state index in [1.165, 1.54) is 0 Å². The van der Waals surface area contributed by atoms with Crippen LogP contribution in [0.15, 0.2) is 106 Å². The Morgan fingerprint density at radius 1 is 0.927 bits per heavy atom. The standard InChI is InChI=1S/C33H34N2O4S2/c1-3-23-21-34-22-30(40-25-13-7-5-8-14-25)32-27-17-11-12-18-28(27)35(41(37,38)26-15-9-6-10-16-26)33(32)29(34)19-24(23)20-31(36)39-4-2/h5-19,23,29-30H,3-4,20-22H2,1-2H3/t23-,29+,30?/m1/s1. The lowest BCUT2D eigenvalue weighted by Gasteiger charge is -2.44. The lowest BCUT2D eigenvalue weighted by atomic mass is 9.84. The van der Waals surface area contributed by atoms with Gasteiger partial charge in [-0.05, 0) is 55.2 Å². The van der Waals surface area contributed by atoms with E-state index in [1.807, 2.05) is 55.5 Å². The Bertz CT molecular complexity index is 1700. The lowest BCUT2D eigenvalue weighted by molar-refractivity contribution is -0.142. The normalized spacial score (nSPS) is 20.7. The zero-order valence-electron chi connectivity index (χ0n) is 23.3. The van der Waals surface area contributed by atoms with Gasteiger partial charge in [-0.15, -0.1) is 11.8 Å². The number of thioether (sulfide) groups is 1. The minimum absolute atomic E-state index is 0.0262. The number of rotatable bonds is 8. The molecule has 0 aliphatic carbocycles. The molecule has 0 N–H and O–H groups in total. The summed E-state index contributed by atoms with van der Waals surface area (Å²) < 4.78 is 35.7. The van der Waals surface area contributed by atoms with Crippen molar-refractivity contribution in [1.29, 1.82) is 0 Å². The van der Waals surface area contributed by atoms with Crippen molar-refractivity contribution in [2.75, 3.05) is 19.7 Å². The number of esters is 1. The highest BCUT2D eigenvalue weighted by atomic mass is 32.2. The Kier molecular flexibility index (Phi) is 7.81. The van der Waals surface area contributed by atoms with E-state index in [0.29, 0.717) is 12.1 Å². The summed E-state index contributed by atoms with van der Waals surface area (Å²) in [6, 6.07) is 26.5. The summed E-state index contributed by atoms with van der Waals surface area (Å²) in [4.78, 5) is 16.4. The van der Waals surface area contributed by atoms with Gasteiger partial charge < -0.3 is 4.74 Å². The molecule has 0 spiro atoms. The molecular weight excluding hydrogens is 553 g/mol. The van der Waals surface area contributed by atoms with Gasteiger partial charge in [0.25, 0.3) is 10.0 Å². The molecule has 0 radical (unpaired) electrons. The Balaban J connectivity index is 1.60. The fraction of sp³-hybridized carbons (Fsp3) is 0.303. The third-order valence-electron chi connectivity index (χ3n) is 8.10. The fourth-order valence-electron chi connectivity index (χ4n) is 6.27. The molecule has 0 amide bonds. The molecule has 3 atom stereocenters. The molecule has 0 bridgehead atoms. The molecule has 0 saturated heterocycles. The maximum atomic E-state index is 14.4. The van der Waals surface area contributed by atoms with Crippen LogP contribution in [0.25, 0.3) is 10.9 Å². The highest BCUT2D eigenvalue weighted by Gasteiger charge is 2.43. The second kappa shape index (κ2) is 11.5. The molecule has 6 nitrogen and oxygen atoms in total. The van der Waals surface area contributed by atoms with Crippen LogP contribution in [0.4, 0.5) is 0 Å². The summed E-state index contributed by atoms with van der Waals surface area (Å²) in [5, 5.41) is 0.978. The number of ether oxygens (including phenoxy) is 1. The fourth-order valence-corrected chi connectivity index (χ4v) is 9.14. The quantitative estimate of drug-likeness (QED) is 0.164. The highest BCUT2D eigenvalue weighted by Crippen LogP contribution is 2.52. The zero-order chi connectivity index (χ0) is 28.6. The van der Waals surface area contributed by atoms with Gasteiger partial charge in [0, 0.05) is 28.6 Å². The van der Waals surface area contributed by atoms with Crippen molar-refractivity contribution in [2.45, 2.75) is 47.8 Å². The average molecular weight is 587 g/mol. The molecule has 2 aliphatic rings. The monoisotopic (exact) mass is 586 g/mol. The first-order valence-corrected chi connectivity index (χ1v) is 16.5. The summed E-state index contributed by atoms with van der Waals surface area (Å²) in [5.41, 5.74) is 3.53. The number of fused-ring (bicyclic) bond motifs is 5. The van der Waals surface area contributed by atoms with E-state index in [-0.39, 0.29) is 34.5 Å². The van der Waals surface area contributed by atoms with Gasteiger partial charge in [0.2, 0.25) is 0 Å². The topological polar surface area (TPSA) is 68.6 Å². The van der Waals surface area contributed by atoms with Gasteiger partial charge in [-0.25, -0.2) is 12.4 Å². The predicted octanol–water partition coefficient (Wildman–Crippen LogP) is 6.99. The average Bonchev–Trinajstić information content (AvgIpc) is 3.35. The molecule has 4 aromatic rings. The third kappa shape index (κ3) is 5.13.